The molecule has 128 valence electrons. The highest BCUT2D eigenvalue weighted by molar-refractivity contribution is 6.07. The van der Waals surface area contributed by atoms with Gasteiger partial charge < -0.3 is 5.32 Å². The molecule has 0 aliphatic heterocycles. The zero-order chi connectivity index (χ0) is 18.0. The van der Waals surface area contributed by atoms with Gasteiger partial charge in [0.2, 0.25) is 0 Å². The molecule has 3 aromatic rings. The van der Waals surface area contributed by atoms with E-state index in [2.05, 4.69) is 10.4 Å². The van der Waals surface area contributed by atoms with Gasteiger partial charge in [0, 0.05) is 24.5 Å². The van der Waals surface area contributed by atoms with Gasteiger partial charge in [-0.3, -0.25) is 9.48 Å². The molecule has 7 heteroatoms. The Morgan fingerprint density at radius 3 is 2.36 bits per heavy atom. The van der Waals surface area contributed by atoms with E-state index in [1.54, 1.807) is 24.3 Å². The maximum Gasteiger partial charge on any atom is 0.435 e. The second-order valence-corrected chi connectivity index (χ2v) is 5.43. The number of alkyl halides is 3. The number of aromatic nitrogens is 2. The molecular weight excluding hydrogens is 331 g/mol. The first-order valence-corrected chi connectivity index (χ1v) is 7.43. The van der Waals surface area contributed by atoms with Gasteiger partial charge >= 0.3 is 6.18 Å². The van der Waals surface area contributed by atoms with Crippen molar-refractivity contribution < 1.29 is 18.0 Å². The van der Waals surface area contributed by atoms with Gasteiger partial charge in [-0.05, 0) is 11.6 Å². The molecule has 0 saturated carbocycles. The Bertz CT molecular complexity index is 901. The van der Waals surface area contributed by atoms with Crippen molar-refractivity contribution in [2.45, 2.75) is 6.18 Å². The fourth-order valence-corrected chi connectivity index (χ4v) is 2.52. The molecule has 0 saturated heterocycles. The molecule has 0 bridgehead atoms. The predicted octanol–water partition coefficient (Wildman–Crippen LogP) is 4.36. The Morgan fingerprint density at radius 2 is 1.68 bits per heavy atom. The van der Waals surface area contributed by atoms with E-state index < -0.39 is 23.3 Å². The fraction of sp³-hybridized carbons (Fsp3) is 0.111. The van der Waals surface area contributed by atoms with Crippen LogP contribution in [0, 0.1) is 0 Å². The molecule has 2 aromatic carbocycles. The summed E-state index contributed by atoms with van der Waals surface area (Å²) in [5, 5.41) is 5.91. The summed E-state index contributed by atoms with van der Waals surface area (Å²) in [6.45, 7) is 0. The van der Waals surface area contributed by atoms with Crippen molar-refractivity contribution in [3.8, 4) is 11.1 Å². The average Bonchev–Trinajstić information content (AvgIpc) is 2.99. The third kappa shape index (κ3) is 3.55. The summed E-state index contributed by atoms with van der Waals surface area (Å²) in [7, 11) is 1.34. The molecule has 3 rings (SSSR count). The van der Waals surface area contributed by atoms with Gasteiger partial charge in [0.05, 0.1) is 5.56 Å². The van der Waals surface area contributed by atoms with Crippen molar-refractivity contribution in [1.82, 2.24) is 9.78 Å². The minimum Gasteiger partial charge on any atom is -0.321 e. The van der Waals surface area contributed by atoms with E-state index in [1.165, 1.54) is 7.05 Å². The number of aryl methyl sites for hydroxylation is 1. The summed E-state index contributed by atoms with van der Waals surface area (Å²) < 4.78 is 40.1. The molecule has 0 radical (unpaired) electrons. The topological polar surface area (TPSA) is 46.9 Å². The van der Waals surface area contributed by atoms with Crippen LogP contribution in [0.1, 0.15) is 16.1 Å². The molecule has 0 aliphatic carbocycles. The number of nitrogens with zero attached hydrogens (tertiary/aromatic N) is 2. The minimum absolute atomic E-state index is 0.427. The van der Waals surface area contributed by atoms with Gasteiger partial charge in [-0.15, -0.1) is 0 Å². The van der Waals surface area contributed by atoms with Crippen LogP contribution in [-0.4, -0.2) is 15.7 Å². The third-order valence-electron chi connectivity index (χ3n) is 3.60. The first-order chi connectivity index (χ1) is 11.9. The second-order valence-electron chi connectivity index (χ2n) is 5.43. The van der Waals surface area contributed by atoms with Crippen LogP contribution < -0.4 is 5.32 Å². The number of nitrogens with one attached hydrogen (secondary N) is 1. The minimum atomic E-state index is -4.70. The molecule has 0 spiro atoms. The molecule has 0 aliphatic rings. The molecule has 1 heterocycles. The van der Waals surface area contributed by atoms with Gasteiger partial charge in [-0.1, -0.05) is 48.5 Å². The molecule has 0 unspecified atom stereocenters. The van der Waals surface area contributed by atoms with Gasteiger partial charge in [0.15, 0.2) is 5.69 Å². The van der Waals surface area contributed by atoms with Crippen molar-refractivity contribution in [1.29, 1.82) is 0 Å². The first kappa shape index (κ1) is 16.8. The monoisotopic (exact) mass is 345 g/mol. The molecule has 25 heavy (non-hydrogen) atoms. The van der Waals surface area contributed by atoms with E-state index in [4.69, 9.17) is 0 Å². The summed E-state index contributed by atoms with van der Waals surface area (Å²) in [5.41, 5.74) is 0.271. The fourth-order valence-electron chi connectivity index (χ4n) is 2.52. The SMILES string of the molecule is Cn1cc(C(=O)Nc2ccccc2-c2ccccc2)c(C(F)(F)F)n1. The third-order valence-corrected chi connectivity index (χ3v) is 3.60. The number of carbonyl (C=O) groups excluding carboxylic acids is 1. The Balaban J connectivity index is 1.96. The number of rotatable bonds is 3. The first-order valence-electron chi connectivity index (χ1n) is 7.43. The number of hydrogen-bond acceptors (Lipinski definition) is 2. The van der Waals surface area contributed by atoms with E-state index in [1.807, 2.05) is 30.3 Å². The maximum atomic E-state index is 13.0. The Kier molecular flexibility index (Phi) is 4.31. The van der Waals surface area contributed by atoms with Crippen LogP contribution in [-0.2, 0) is 13.2 Å². The lowest BCUT2D eigenvalue weighted by molar-refractivity contribution is -0.141. The lowest BCUT2D eigenvalue weighted by Gasteiger charge is -2.12. The Labute approximate surface area is 141 Å². The number of benzene rings is 2. The van der Waals surface area contributed by atoms with Crippen LogP contribution >= 0.6 is 0 Å². The quantitative estimate of drug-likeness (QED) is 0.767. The highest BCUT2D eigenvalue weighted by Gasteiger charge is 2.39. The maximum absolute atomic E-state index is 13.0. The standard InChI is InChI=1S/C18H14F3N3O/c1-24-11-14(16(23-24)18(19,20)21)17(25)22-15-10-6-5-9-13(15)12-7-3-2-4-8-12/h2-11H,1H3,(H,22,25). The smallest absolute Gasteiger partial charge is 0.321 e. The van der Waals surface area contributed by atoms with E-state index in [0.29, 0.717) is 11.3 Å². The lowest BCUT2D eigenvalue weighted by atomic mass is 10.0. The van der Waals surface area contributed by atoms with Gasteiger partial charge in [-0.2, -0.15) is 18.3 Å². The molecule has 0 atom stereocenters. The summed E-state index contributed by atoms with van der Waals surface area (Å²) in [6, 6.07) is 16.2. The normalized spacial score (nSPS) is 11.4. The number of para-hydroxylation sites is 1. The Morgan fingerprint density at radius 1 is 1.04 bits per heavy atom. The highest BCUT2D eigenvalue weighted by atomic mass is 19.4. The van der Waals surface area contributed by atoms with Crippen molar-refractivity contribution in [3.05, 3.63) is 72.1 Å². The number of carbonyl (C=O) groups is 1. The van der Waals surface area contributed by atoms with Crippen LogP contribution in [0.25, 0.3) is 11.1 Å². The van der Waals surface area contributed by atoms with Gasteiger partial charge in [0.25, 0.3) is 5.91 Å². The van der Waals surface area contributed by atoms with Crippen LogP contribution in [0.3, 0.4) is 0 Å². The number of amides is 1. The molecular formula is C18H14F3N3O. The Hall–Kier alpha value is -3.09. The van der Waals surface area contributed by atoms with Crippen molar-refractivity contribution in [3.63, 3.8) is 0 Å². The van der Waals surface area contributed by atoms with Crippen LogP contribution in [0.15, 0.2) is 60.8 Å². The predicted molar refractivity (Wildman–Crippen MR) is 88.0 cm³/mol. The largest absolute Gasteiger partial charge is 0.435 e. The van der Waals surface area contributed by atoms with E-state index in [0.717, 1.165) is 16.4 Å². The summed E-state index contributed by atoms with van der Waals surface area (Å²) in [6.07, 6.45) is -3.64. The summed E-state index contributed by atoms with van der Waals surface area (Å²) in [4.78, 5) is 12.4. The number of hydrogen-bond donors (Lipinski definition) is 1. The van der Waals surface area contributed by atoms with Crippen LogP contribution in [0.5, 0.6) is 0 Å². The van der Waals surface area contributed by atoms with Gasteiger partial charge in [-0.25, -0.2) is 0 Å². The van der Waals surface area contributed by atoms with Crippen molar-refractivity contribution in [2.24, 2.45) is 7.05 Å². The lowest BCUT2D eigenvalue weighted by Crippen LogP contribution is -2.18. The second kappa shape index (κ2) is 6.43. The molecule has 1 aromatic heterocycles. The highest BCUT2D eigenvalue weighted by Crippen LogP contribution is 2.32. The molecule has 0 fully saturated rings. The van der Waals surface area contributed by atoms with E-state index in [-0.39, 0.29) is 0 Å². The van der Waals surface area contributed by atoms with Crippen molar-refractivity contribution >= 4 is 11.6 Å². The van der Waals surface area contributed by atoms with E-state index >= 15 is 0 Å². The van der Waals surface area contributed by atoms with E-state index in [9.17, 15) is 18.0 Å². The summed E-state index contributed by atoms with van der Waals surface area (Å²) >= 11 is 0. The number of anilines is 1. The van der Waals surface area contributed by atoms with Crippen LogP contribution in [0.2, 0.25) is 0 Å². The van der Waals surface area contributed by atoms with Crippen LogP contribution in [0.4, 0.5) is 18.9 Å². The summed E-state index contributed by atoms with van der Waals surface area (Å²) in [5.74, 6) is -0.858. The zero-order valence-corrected chi connectivity index (χ0v) is 13.2. The van der Waals surface area contributed by atoms with Crippen molar-refractivity contribution in [2.75, 3.05) is 5.32 Å². The molecule has 4 nitrogen and oxygen atoms in total. The molecule has 1 amide bonds. The average molecular weight is 345 g/mol. The zero-order valence-electron chi connectivity index (χ0n) is 13.2. The number of halogens is 3. The van der Waals surface area contributed by atoms with Gasteiger partial charge in [0.1, 0.15) is 0 Å². The molecule has 1 N–H and O–H groups in total.